The van der Waals surface area contributed by atoms with Gasteiger partial charge in [-0.1, -0.05) is 29.3 Å². The molecule has 3 nitrogen and oxygen atoms in total. The molecule has 1 aromatic heterocycles. The van der Waals surface area contributed by atoms with E-state index in [9.17, 15) is 0 Å². The van der Waals surface area contributed by atoms with Crippen molar-refractivity contribution in [2.45, 2.75) is 12.5 Å². The Morgan fingerprint density at radius 1 is 0.952 bits per heavy atom. The summed E-state index contributed by atoms with van der Waals surface area (Å²) in [5.74, 6) is 0. The maximum absolute atomic E-state index is 6.29. The minimum atomic E-state index is -0.174. The average molecular weight is 318 g/mol. The van der Waals surface area contributed by atoms with Crippen molar-refractivity contribution >= 4 is 34.2 Å². The molecule has 21 heavy (non-hydrogen) atoms. The summed E-state index contributed by atoms with van der Waals surface area (Å²) in [5, 5.41) is 1.33. The van der Waals surface area contributed by atoms with Gasteiger partial charge in [-0.3, -0.25) is 9.97 Å². The van der Waals surface area contributed by atoms with Gasteiger partial charge in [-0.2, -0.15) is 0 Å². The predicted molar refractivity (Wildman–Crippen MR) is 86.6 cm³/mol. The topological polar surface area (TPSA) is 51.8 Å². The fourth-order valence-corrected chi connectivity index (χ4v) is 2.65. The van der Waals surface area contributed by atoms with E-state index in [-0.39, 0.29) is 6.04 Å². The summed E-state index contributed by atoms with van der Waals surface area (Å²) in [6.07, 6.45) is 3.96. The minimum Gasteiger partial charge on any atom is -0.324 e. The van der Waals surface area contributed by atoms with Crippen molar-refractivity contribution in [2.24, 2.45) is 5.73 Å². The molecular formula is C16H13Cl2N3. The molecule has 0 aliphatic heterocycles. The molecule has 3 aromatic rings. The fraction of sp³-hybridized carbons (Fsp3) is 0.125. The van der Waals surface area contributed by atoms with Crippen LogP contribution in [-0.4, -0.2) is 9.97 Å². The van der Waals surface area contributed by atoms with Crippen LogP contribution in [0.15, 0.2) is 48.8 Å². The van der Waals surface area contributed by atoms with Gasteiger partial charge in [0.05, 0.1) is 11.0 Å². The third-order valence-electron chi connectivity index (χ3n) is 3.37. The lowest BCUT2D eigenvalue weighted by atomic mass is 9.99. The predicted octanol–water partition coefficient (Wildman–Crippen LogP) is 4.18. The molecule has 0 aliphatic carbocycles. The largest absolute Gasteiger partial charge is 0.324 e. The molecule has 0 amide bonds. The van der Waals surface area contributed by atoms with Gasteiger partial charge in [-0.25, -0.2) is 0 Å². The lowest BCUT2D eigenvalue weighted by molar-refractivity contribution is 0.723. The van der Waals surface area contributed by atoms with Crippen LogP contribution in [0.25, 0.3) is 11.0 Å². The summed E-state index contributed by atoms with van der Waals surface area (Å²) in [6, 6.07) is 11.1. The number of aromatic nitrogens is 2. The highest BCUT2D eigenvalue weighted by Crippen LogP contribution is 2.26. The van der Waals surface area contributed by atoms with E-state index in [4.69, 9.17) is 28.9 Å². The number of hydrogen-bond acceptors (Lipinski definition) is 3. The average Bonchev–Trinajstić information content (AvgIpc) is 2.50. The summed E-state index contributed by atoms with van der Waals surface area (Å²) >= 11 is 12.2. The number of rotatable bonds is 3. The lowest BCUT2D eigenvalue weighted by Crippen LogP contribution is -2.13. The van der Waals surface area contributed by atoms with Gasteiger partial charge >= 0.3 is 0 Å². The highest BCUT2D eigenvalue weighted by Gasteiger charge is 2.11. The molecule has 0 saturated heterocycles. The van der Waals surface area contributed by atoms with E-state index in [0.29, 0.717) is 16.5 Å². The molecule has 0 saturated carbocycles. The Balaban J connectivity index is 1.89. The Labute approximate surface area is 132 Å². The summed E-state index contributed by atoms with van der Waals surface area (Å²) in [5.41, 5.74) is 9.92. The third kappa shape index (κ3) is 3.16. The summed E-state index contributed by atoms with van der Waals surface area (Å²) in [4.78, 5) is 8.55. The van der Waals surface area contributed by atoms with Gasteiger partial charge in [0.25, 0.3) is 0 Å². The van der Waals surface area contributed by atoms with E-state index in [1.54, 1.807) is 24.5 Å². The van der Waals surface area contributed by atoms with Crippen LogP contribution in [0.2, 0.25) is 10.0 Å². The van der Waals surface area contributed by atoms with Crippen LogP contribution in [0, 0.1) is 0 Å². The summed E-state index contributed by atoms with van der Waals surface area (Å²) < 4.78 is 0. The van der Waals surface area contributed by atoms with E-state index in [0.717, 1.165) is 22.2 Å². The third-order valence-corrected chi connectivity index (χ3v) is 3.97. The van der Waals surface area contributed by atoms with Gasteiger partial charge in [0.2, 0.25) is 0 Å². The van der Waals surface area contributed by atoms with Crippen molar-refractivity contribution < 1.29 is 0 Å². The smallest absolute Gasteiger partial charge is 0.0890 e. The van der Waals surface area contributed by atoms with Crippen LogP contribution in [0.5, 0.6) is 0 Å². The summed E-state index contributed by atoms with van der Waals surface area (Å²) in [6.45, 7) is 0. The van der Waals surface area contributed by atoms with Crippen LogP contribution in [0.3, 0.4) is 0 Å². The zero-order valence-electron chi connectivity index (χ0n) is 11.1. The number of nitrogens with two attached hydrogens (primary N) is 1. The van der Waals surface area contributed by atoms with Gasteiger partial charge in [-0.15, -0.1) is 0 Å². The molecule has 0 bridgehead atoms. The maximum atomic E-state index is 6.29. The van der Waals surface area contributed by atoms with Crippen molar-refractivity contribution in [3.8, 4) is 0 Å². The van der Waals surface area contributed by atoms with E-state index >= 15 is 0 Å². The molecule has 0 aliphatic rings. The molecular weight excluding hydrogens is 305 g/mol. The quantitative estimate of drug-likeness (QED) is 0.788. The van der Waals surface area contributed by atoms with Crippen LogP contribution in [0.1, 0.15) is 17.2 Å². The van der Waals surface area contributed by atoms with Gasteiger partial charge in [-0.05, 0) is 47.9 Å². The van der Waals surface area contributed by atoms with Gasteiger partial charge in [0, 0.05) is 28.5 Å². The van der Waals surface area contributed by atoms with Crippen LogP contribution in [-0.2, 0) is 6.42 Å². The first-order chi connectivity index (χ1) is 10.1. The Morgan fingerprint density at radius 3 is 2.52 bits per heavy atom. The van der Waals surface area contributed by atoms with Crippen LogP contribution in [0.4, 0.5) is 0 Å². The number of hydrogen-bond donors (Lipinski definition) is 1. The molecule has 1 atom stereocenters. The van der Waals surface area contributed by atoms with E-state index in [2.05, 4.69) is 9.97 Å². The first-order valence-electron chi connectivity index (χ1n) is 6.53. The maximum Gasteiger partial charge on any atom is 0.0890 e. The molecule has 2 aromatic carbocycles. The highest BCUT2D eigenvalue weighted by atomic mass is 35.5. The highest BCUT2D eigenvalue weighted by molar-refractivity contribution is 6.33. The Morgan fingerprint density at radius 2 is 1.71 bits per heavy atom. The number of fused-ring (bicyclic) bond motifs is 1. The van der Waals surface area contributed by atoms with Crippen molar-refractivity contribution in [2.75, 3.05) is 0 Å². The second kappa shape index (κ2) is 5.98. The summed E-state index contributed by atoms with van der Waals surface area (Å²) in [7, 11) is 0. The minimum absolute atomic E-state index is 0.174. The molecule has 1 heterocycles. The molecule has 1 unspecified atom stereocenters. The first-order valence-corrected chi connectivity index (χ1v) is 7.29. The van der Waals surface area contributed by atoms with Crippen LogP contribution < -0.4 is 5.73 Å². The second-order valence-electron chi connectivity index (χ2n) is 4.85. The fourth-order valence-electron chi connectivity index (χ4n) is 2.27. The molecule has 5 heteroatoms. The van der Waals surface area contributed by atoms with Crippen LogP contribution >= 0.6 is 23.2 Å². The number of nitrogens with zero attached hydrogens (tertiary/aromatic N) is 2. The lowest BCUT2D eigenvalue weighted by Gasteiger charge is -2.14. The Bertz CT molecular complexity index is 789. The molecule has 106 valence electrons. The molecule has 0 spiro atoms. The molecule has 3 rings (SSSR count). The van der Waals surface area contributed by atoms with Gasteiger partial charge in [0.1, 0.15) is 0 Å². The number of benzene rings is 2. The van der Waals surface area contributed by atoms with Crippen molar-refractivity contribution in [3.05, 3.63) is 70.0 Å². The molecule has 0 radical (unpaired) electrons. The van der Waals surface area contributed by atoms with Gasteiger partial charge in [0.15, 0.2) is 0 Å². The first kappa shape index (κ1) is 14.3. The standard InChI is InChI=1S/C16H13Cl2N3/c17-12-2-3-13(18)11(7-12)8-14(19)10-1-4-15-16(9-10)21-6-5-20-15/h1-7,9,14H,8,19H2. The van der Waals surface area contributed by atoms with Crippen molar-refractivity contribution in [3.63, 3.8) is 0 Å². The monoisotopic (exact) mass is 317 g/mol. The zero-order valence-corrected chi connectivity index (χ0v) is 12.6. The Hall–Kier alpha value is -1.68. The normalized spacial score (nSPS) is 12.5. The SMILES string of the molecule is NC(Cc1cc(Cl)ccc1Cl)c1ccc2nccnc2c1. The molecule has 2 N–H and O–H groups in total. The van der Waals surface area contributed by atoms with E-state index < -0.39 is 0 Å². The number of halogens is 2. The second-order valence-corrected chi connectivity index (χ2v) is 5.69. The van der Waals surface area contributed by atoms with Crippen molar-refractivity contribution in [1.82, 2.24) is 9.97 Å². The zero-order chi connectivity index (χ0) is 14.8. The van der Waals surface area contributed by atoms with E-state index in [1.165, 1.54) is 0 Å². The Kier molecular flexibility index (Phi) is 4.06. The molecule has 0 fully saturated rings. The van der Waals surface area contributed by atoms with E-state index in [1.807, 2.05) is 24.3 Å². The van der Waals surface area contributed by atoms with Gasteiger partial charge < -0.3 is 5.73 Å². The van der Waals surface area contributed by atoms with Crippen molar-refractivity contribution in [1.29, 1.82) is 0 Å².